The summed E-state index contributed by atoms with van der Waals surface area (Å²) in [5.41, 5.74) is 0. The molecule has 3 heterocycles. The lowest BCUT2D eigenvalue weighted by Gasteiger charge is -2.48. The molecule has 0 aromatic carbocycles. The molecule has 3 saturated heterocycles. The standard InChI is InChI=1S/C73H135NO18/c1-3-5-7-9-11-13-14-15-16-17-18-19-20-21-22-23-24-25-26-27-28-29-30-31-32-33-34-35-36-37-38-39-40-41-43-45-47-49-51-61(79)74-56(57(78)50-48-46-44-42-12-10-8-6-4-2)55-87-71-67(85)64(82)69(59(53-76)89-71)92-73-68(86)65(83)70(60(54-77)90-73)91-72-66(84)63(81)62(80)58(52-75)88-72/h4,6,12,42,48,50,56-60,62-73,75-78,80-86H,3,5,7-11,13-41,43-47,49,51-55H2,1-2H3,(H,74,79)/b6-4+,42-12+,50-48+. The van der Waals surface area contributed by atoms with Crippen LogP contribution in [0.25, 0.3) is 0 Å². The summed E-state index contributed by atoms with van der Waals surface area (Å²) in [6, 6.07) is -0.992. The molecule has 92 heavy (non-hydrogen) atoms. The van der Waals surface area contributed by atoms with Gasteiger partial charge < -0.3 is 89.9 Å². The van der Waals surface area contributed by atoms with E-state index in [-0.39, 0.29) is 18.9 Å². The largest absolute Gasteiger partial charge is 0.394 e. The van der Waals surface area contributed by atoms with Crippen molar-refractivity contribution in [3.05, 3.63) is 36.5 Å². The van der Waals surface area contributed by atoms with Gasteiger partial charge in [0.15, 0.2) is 18.9 Å². The number of aliphatic hydroxyl groups is 11. The molecule has 19 nitrogen and oxygen atoms in total. The quantitative estimate of drug-likeness (QED) is 0.0199. The van der Waals surface area contributed by atoms with E-state index < -0.39 is 124 Å². The molecule has 3 aliphatic heterocycles. The minimum Gasteiger partial charge on any atom is -0.394 e. The summed E-state index contributed by atoms with van der Waals surface area (Å²) in [5, 5.41) is 120. The van der Waals surface area contributed by atoms with Crippen molar-refractivity contribution in [2.24, 2.45) is 0 Å². The number of nitrogens with one attached hydrogen (secondary N) is 1. The number of ether oxygens (including phenoxy) is 6. The normalized spacial score (nSPS) is 27.9. The molecule has 0 aromatic heterocycles. The van der Waals surface area contributed by atoms with E-state index in [2.05, 4.69) is 30.5 Å². The fourth-order valence-electron chi connectivity index (χ4n) is 12.8. The Labute approximate surface area is 555 Å². The summed E-state index contributed by atoms with van der Waals surface area (Å²) >= 11 is 0. The van der Waals surface area contributed by atoms with Crippen molar-refractivity contribution in [1.82, 2.24) is 5.32 Å². The molecule has 17 unspecified atom stereocenters. The van der Waals surface area contributed by atoms with Gasteiger partial charge in [0.05, 0.1) is 38.6 Å². The summed E-state index contributed by atoms with van der Waals surface area (Å²) < 4.78 is 34.2. The number of hydrogen-bond donors (Lipinski definition) is 12. The smallest absolute Gasteiger partial charge is 0.220 e. The molecule has 17 atom stereocenters. The molecule has 3 fully saturated rings. The Bertz CT molecular complexity index is 1810. The first-order valence-electron chi connectivity index (χ1n) is 37.2. The van der Waals surface area contributed by atoms with Crippen LogP contribution in [0.1, 0.15) is 290 Å². The molecule has 0 spiro atoms. The Hall–Kier alpha value is -1.99. The maximum absolute atomic E-state index is 13.3. The van der Waals surface area contributed by atoms with Crippen molar-refractivity contribution in [2.75, 3.05) is 26.4 Å². The van der Waals surface area contributed by atoms with Gasteiger partial charge in [-0.3, -0.25) is 4.79 Å². The highest BCUT2D eigenvalue weighted by molar-refractivity contribution is 5.76. The molecule has 1 amide bonds. The Morgan fingerprint density at radius 3 is 1.09 bits per heavy atom. The van der Waals surface area contributed by atoms with Crippen molar-refractivity contribution in [1.29, 1.82) is 0 Å². The molecular weight excluding hydrogens is 1180 g/mol. The predicted octanol–water partition coefficient (Wildman–Crippen LogP) is 10.8. The monoisotopic (exact) mass is 1310 g/mol. The Kier molecular flexibility index (Phi) is 50.3. The molecule has 0 saturated carbocycles. The van der Waals surface area contributed by atoms with Gasteiger partial charge in [-0.05, 0) is 39.0 Å². The second-order valence-electron chi connectivity index (χ2n) is 26.8. The zero-order chi connectivity index (χ0) is 66.8. The molecular formula is C73H135NO18. The first-order valence-corrected chi connectivity index (χ1v) is 37.2. The minimum atomic E-state index is -1.98. The molecule has 0 radical (unpaired) electrons. The first-order chi connectivity index (χ1) is 44.8. The Morgan fingerprint density at radius 2 is 0.717 bits per heavy atom. The zero-order valence-electron chi connectivity index (χ0n) is 57.3. The number of hydrogen-bond acceptors (Lipinski definition) is 18. The minimum absolute atomic E-state index is 0.235. The lowest BCUT2D eigenvalue weighted by molar-refractivity contribution is -0.379. The van der Waals surface area contributed by atoms with E-state index in [0.717, 1.165) is 38.5 Å². The van der Waals surface area contributed by atoms with Gasteiger partial charge in [-0.15, -0.1) is 0 Å². The van der Waals surface area contributed by atoms with Gasteiger partial charge in [-0.25, -0.2) is 0 Å². The average Bonchev–Trinajstić information content (AvgIpc) is 0.800. The maximum Gasteiger partial charge on any atom is 0.220 e. The number of amides is 1. The molecule has 0 aliphatic carbocycles. The SMILES string of the molecule is C/C=C/CC/C=C/CC/C=C/C(O)C(COC1OC(CO)C(OC2OC(CO)C(OC3OC(CO)C(O)C(O)C3O)C(O)C2O)C(O)C1O)NC(=O)CCCCCCCCCCCCCCCCCCCCCCCCCCCCCCCCCCCCCCCC. The van der Waals surface area contributed by atoms with Crippen LogP contribution >= 0.6 is 0 Å². The topological polar surface area (TPSA) is 307 Å². The Balaban J connectivity index is 1.26. The fraction of sp³-hybridized carbons (Fsp3) is 0.904. The summed E-state index contributed by atoms with van der Waals surface area (Å²) in [4.78, 5) is 13.3. The van der Waals surface area contributed by atoms with Crippen molar-refractivity contribution >= 4 is 5.91 Å². The zero-order valence-corrected chi connectivity index (χ0v) is 57.3. The van der Waals surface area contributed by atoms with Crippen molar-refractivity contribution in [2.45, 2.75) is 394 Å². The third-order valence-electron chi connectivity index (χ3n) is 18.8. The van der Waals surface area contributed by atoms with Crippen LogP contribution in [-0.2, 0) is 33.2 Å². The van der Waals surface area contributed by atoms with Crippen molar-refractivity contribution in [3.63, 3.8) is 0 Å². The second-order valence-corrected chi connectivity index (χ2v) is 26.8. The van der Waals surface area contributed by atoms with Gasteiger partial charge >= 0.3 is 0 Å². The van der Waals surface area contributed by atoms with Crippen LogP contribution in [0.2, 0.25) is 0 Å². The van der Waals surface area contributed by atoms with E-state index in [9.17, 15) is 61.0 Å². The van der Waals surface area contributed by atoms with Gasteiger partial charge in [0.25, 0.3) is 0 Å². The summed E-state index contributed by atoms with van der Waals surface area (Å²) in [6.45, 7) is 1.48. The van der Waals surface area contributed by atoms with Gasteiger partial charge in [-0.2, -0.15) is 0 Å². The first kappa shape index (κ1) is 84.2. The van der Waals surface area contributed by atoms with Crippen molar-refractivity contribution in [3.8, 4) is 0 Å². The molecule has 540 valence electrons. The average molecular weight is 1310 g/mol. The van der Waals surface area contributed by atoms with Crippen LogP contribution < -0.4 is 5.32 Å². The van der Waals surface area contributed by atoms with Crippen LogP contribution in [0, 0.1) is 0 Å². The fourth-order valence-corrected chi connectivity index (χ4v) is 12.8. The van der Waals surface area contributed by atoms with Gasteiger partial charge in [0.1, 0.15) is 73.2 Å². The maximum atomic E-state index is 13.3. The van der Waals surface area contributed by atoms with E-state index in [0.29, 0.717) is 12.8 Å². The number of rotatable bonds is 58. The van der Waals surface area contributed by atoms with Crippen LogP contribution in [0.5, 0.6) is 0 Å². The number of carbonyl (C=O) groups is 1. The molecule has 3 rings (SSSR count). The molecule has 0 bridgehead atoms. The van der Waals surface area contributed by atoms with E-state index in [1.807, 2.05) is 19.1 Å². The Morgan fingerprint density at radius 1 is 0.402 bits per heavy atom. The molecule has 3 aliphatic rings. The highest BCUT2D eigenvalue weighted by Gasteiger charge is 2.53. The van der Waals surface area contributed by atoms with E-state index in [1.54, 1.807) is 6.08 Å². The third-order valence-corrected chi connectivity index (χ3v) is 18.8. The second kappa shape index (κ2) is 55.0. The predicted molar refractivity (Wildman–Crippen MR) is 360 cm³/mol. The van der Waals surface area contributed by atoms with Crippen LogP contribution in [-0.4, -0.2) is 193 Å². The number of carbonyl (C=O) groups excluding carboxylic acids is 1. The highest BCUT2D eigenvalue weighted by atomic mass is 16.8. The molecule has 0 aromatic rings. The summed E-state index contributed by atoms with van der Waals surface area (Å²) in [5.74, 6) is -0.288. The molecule has 12 N–H and O–H groups in total. The third kappa shape index (κ3) is 36.0. The number of unbranched alkanes of at least 4 members (excludes halogenated alkanes) is 39. The van der Waals surface area contributed by atoms with E-state index in [4.69, 9.17) is 28.4 Å². The highest BCUT2D eigenvalue weighted by Crippen LogP contribution is 2.33. The van der Waals surface area contributed by atoms with Crippen LogP contribution in [0.3, 0.4) is 0 Å². The van der Waals surface area contributed by atoms with Gasteiger partial charge in [-0.1, -0.05) is 281 Å². The summed E-state index contributed by atoms with van der Waals surface area (Å²) in [6.07, 6.45) is 39.5. The lowest BCUT2D eigenvalue weighted by atomic mass is 9.96. The molecule has 19 heteroatoms. The number of aliphatic hydroxyl groups excluding tert-OH is 11. The van der Waals surface area contributed by atoms with Crippen molar-refractivity contribution < 1.29 is 89.4 Å². The van der Waals surface area contributed by atoms with Crippen LogP contribution in [0.4, 0.5) is 0 Å². The van der Waals surface area contributed by atoms with Gasteiger partial charge in [0, 0.05) is 6.42 Å². The van der Waals surface area contributed by atoms with E-state index in [1.165, 1.54) is 218 Å². The summed E-state index contributed by atoms with van der Waals surface area (Å²) in [7, 11) is 0. The lowest BCUT2D eigenvalue weighted by Crippen LogP contribution is -2.66. The van der Waals surface area contributed by atoms with Crippen LogP contribution in [0.15, 0.2) is 36.5 Å². The van der Waals surface area contributed by atoms with E-state index >= 15 is 0 Å². The number of allylic oxidation sites excluding steroid dienone is 5. The van der Waals surface area contributed by atoms with Gasteiger partial charge in [0.2, 0.25) is 5.91 Å².